The van der Waals surface area contributed by atoms with Crippen LogP contribution in [0.5, 0.6) is 0 Å². The SMILES string of the molecule is CCC1(COC)COC1.CCC1(COCCCCOC)COC1.CCCCCCCCCOCC1(CC)COC1.CCCCCCCCOCC1(CC)COC1.CCCCCCOCC1(C)COC1.COCC1(C)COC1.COCCCC(=O)OCC1(C)COC1.COCCOCC1(C)COC1.COCCOCCOCC1(C)COC1. The molecule has 0 unspecified atom stereocenters. The fraction of sp³-hybridized carbons (Fsp3) is 0.989. The van der Waals surface area contributed by atoms with Crippen molar-refractivity contribution in [2.75, 3.05) is 300 Å². The molecule has 9 heterocycles. The van der Waals surface area contributed by atoms with Crippen molar-refractivity contribution >= 4 is 5.97 Å². The van der Waals surface area contributed by atoms with Gasteiger partial charge >= 0.3 is 5.97 Å². The number of unbranched alkanes of at least 4 members (excludes halogenated alkanes) is 15. The second-order valence-corrected chi connectivity index (χ2v) is 36.1. The Morgan fingerprint density at radius 2 is 0.457 bits per heavy atom. The van der Waals surface area contributed by atoms with E-state index in [0.29, 0.717) is 105 Å². The van der Waals surface area contributed by atoms with Gasteiger partial charge in [-0.15, -0.1) is 0 Å². The van der Waals surface area contributed by atoms with Gasteiger partial charge < -0.3 is 109 Å². The summed E-state index contributed by atoms with van der Waals surface area (Å²) < 4.78 is 120. The Balaban J connectivity index is 0.000000657. The predicted octanol–water partition coefficient (Wildman–Crippen LogP) is 16.6. The van der Waals surface area contributed by atoms with Crippen molar-refractivity contribution in [1.82, 2.24) is 0 Å². The Bertz CT molecular complexity index is 2120. The molecule has 116 heavy (non-hydrogen) atoms. The first-order valence-electron chi connectivity index (χ1n) is 45.4. The first-order chi connectivity index (χ1) is 56.0. The van der Waals surface area contributed by atoms with Crippen LogP contribution in [0.4, 0.5) is 0 Å². The maximum absolute atomic E-state index is 11.2. The topological polar surface area (TPSA) is 229 Å². The summed E-state index contributed by atoms with van der Waals surface area (Å²) in [4.78, 5) is 11.2. The number of carbonyl (C=O) groups excluding carboxylic acids is 1. The van der Waals surface area contributed by atoms with E-state index < -0.39 is 0 Å². The van der Waals surface area contributed by atoms with E-state index in [1.807, 2.05) is 0 Å². The van der Waals surface area contributed by atoms with E-state index in [1.54, 1.807) is 42.7 Å². The average molecular weight is 1670 g/mol. The molecule has 24 nitrogen and oxygen atoms in total. The zero-order valence-electron chi connectivity index (χ0n) is 78.1. The number of rotatable bonds is 60. The fourth-order valence-corrected chi connectivity index (χ4v) is 12.7. The molecular weight excluding hydrogens is 1490 g/mol. The molecule has 0 radical (unpaired) electrons. The van der Waals surface area contributed by atoms with E-state index in [4.69, 9.17) is 109 Å². The molecule has 24 heteroatoms. The number of hydrogen-bond donors (Lipinski definition) is 0. The molecule has 0 N–H and O–H groups in total. The van der Waals surface area contributed by atoms with Gasteiger partial charge in [0, 0.05) is 137 Å². The molecule has 0 aliphatic carbocycles. The van der Waals surface area contributed by atoms with Crippen LogP contribution < -0.4 is 0 Å². The smallest absolute Gasteiger partial charge is 0.305 e. The molecule has 0 bridgehead atoms. The lowest BCUT2D eigenvalue weighted by atomic mass is 9.84. The molecule has 694 valence electrons. The molecule has 0 aromatic rings. The lowest BCUT2D eigenvalue weighted by Gasteiger charge is -2.40. The highest BCUT2D eigenvalue weighted by Crippen LogP contribution is 2.36. The highest BCUT2D eigenvalue weighted by Gasteiger charge is 2.41. The Labute approximate surface area is 709 Å². The van der Waals surface area contributed by atoms with Crippen molar-refractivity contribution in [1.29, 1.82) is 0 Å². The van der Waals surface area contributed by atoms with Crippen molar-refractivity contribution in [2.24, 2.45) is 48.7 Å². The molecule has 9 aliphatic heterocycles. The highest BCUT2D eigenvalue weighted by molar-refractivity contribution is 5.69. The lowest BCUT2D eigenvalue weighted by molar-refractivity contribution is -0.165. The minimum atomic E-state index is -0.143. The third-order valence-electron chi connectivity index (χ3n) is 22.4. The number of hydrogen-bond acceptors (Lipinski definition) is 24. The number of carbonyl (C=O) groups is 1. The summed E-state index contributed by atoms with van der Waals surface area (Å²) in [5.41, 5.74) is 2.65. The van der Waals surface area contributed by atoms with E-state index in [0.717, 1.165) is 217 Å². The summed E-state index contributed by atoms with van der Waals surface area (Å²) in [7, 11) is 10.2. The summed E-state index contributed by atoms with van der Waals surface area (Å²) in [6.07, 6.45) is 30.7. The third-order valence-corrected chi connectivity index (χ3v) is 22.4. The maximum atomic E-state index is 11.2. The van der Waals surface area contributed by atoms with E-state index in [1.165, 1.54) is 128 Å². The Kier molecular flexibility index (Phi) is 68.7. The van der Waals surface area contributed by atoms with Crippen molar-refractivity contribution in [2.45, 2.75) is 244 Å². The summed E-state index contributed by atoms with van der Waals surface area (Å²) in [6, 6.07) is 0. The van der Waals surface area contributed by atoms with Gasteiger partial charge in [0.2, 0.25) is 0 Å². The van der Waals surface area contributed by atoms with Crippen molar-refractivity contribution < 1.29 is 114 Å². The van der Waals surface area contributed by atoms with Crippen molar-refractivity contribution in [3.8, 4) is 0 Å². The molecular formula is C92H182O24. The molecule has 0 atom stereocenters. The van der Waals surface area contributed by atoms with Gasteiger partial charge in [-0.1, -0.05) is 173 Å². The van der Waals surface area contributed by atoms with Gasteiger partial charge in [-0.2, -0.15) is 0 Å². The zero-order valence-corrected chi connectivity index (χ0v) is 78.1. The van der Waals surface area contributed by atoms with E-state index in [2.05, 4.69) is 83.1 Å². The summed E-state index contributed by atoms with van der Waals surface area (Å²) >= 11 is 0. The number of ether oxygens (including phenoxy) is 23. The predicted molar refractivity (Wildman–Crippen MR) is 461 cm³/mol. The summed E-state index contributed by atoms with van der Waals surface area (Å²) in [5, 5.41) is 0. The van der Waals surface area contributed by atoms with E-state index in [9.17, 15) is 4.79 Å². The standard InChI is InChI=1S/C15H30O2.C14H28O2.C11H22O3.C11H22O2.C10H20O4.C10H18O4.C8H16O3.C7H14O2.C6H12O2/c1-3-5-6-7-8-9-10-11-16-12-15(4-2)13-17-14-15;1-3-5-6-7-8-9-10-15-11-14(4-2)12-16-13-14;1-3-11(9-14-10-11)8-13-7-5-4-6-12-2;1-3-4-5-6-7-12-8-11(2)9-13-10-11;1-10(8-14-9-10)7-13-6-5-12-4-3-11-2;1-10(6-13-7-10)8-14-9(11)4-3-5-12-2;1-8(6-11-7-8)5-10-4-3-9-2;1-3-7(4-8-2)5-9-6-7;1-6(3-7-2)4-8-5-6/h3-14H2,1-2H3;3-13H2,1-2H3;3-10H2,1-2H3;3-10H2,1-2H3;3-9H2,1-2H3;3-8H2,1-2H3;3-7H2,1-2H3;3-6H2,1-2H3;3-5H2,1-2H3. The minimum Gasteiger partial charge on any atom is -0.465 e. The molecule has 9 aliphatic rings. The highest BCUT2D eigenvalue weighted by atomic mass is 16.6. The Morgan fingerprint density at radius 3 is 0.733 bits per heavy atom. The normalized spacial score (nSPS) is 19.8. The van der Waals surface area contributed by atoms with Gasteiger partial charge in [-0.05, 0) is 64.2 Å². The monoisotopic (exact) mass is 1670 g/mol. The second-order valence-electron chi connectivity index (χ2n) is 36.1. The number of esters is 1. The van der Waals surface area contributed by atoms with Crippen LogP contribution >= 0.6 is 0 Å². The Hall–Kier alpha value is -1.41. The quantitative estimate of drug-likeness (QED) is 0.0407. The molecule has 0 amide bonds. The molecule has 9 saturated heterocycles. The first-order valence-corrected chi connectivity index (χ1v) is 45.4. The van der Waals surface area contributed by atoms with Crippen molar-refractivity contribution in [3.63, 3.8) is 0 Å². The maximum Gasteiger partial charge on any atom is 0.305 e. The van der Waals surface area contributed by atoms with Crippen molar-refractivity contribution in [3.05, 3.63) is 0 Å². The van der Waals surface area contributed by atoms with Gasteiger partial charge in [0.1, 0.15) is 6.61 Å². The van der Waals surface area contributed by atoms with Crippen LogP contribution in [-0.2, 0) is 114 Å². The van der Waals surface area contributed by atoms with Gasteiger partial charge in [0.15, 0.2) is 0 Å². The molecule has 0 aromatic carbocycles. The molecule has 0 spiro atoms. The zero-order chi connectivity index (χ0) is 85.6. The van der Waals surface area contributed by atoms with Crippen LogP contribution in [-0.4, -0.2) is 306 Å². The van der Waals surface area contributed by atoms with E-state index in [-0.39, 0.29) is 22.2 Å². The largest absolute Gasteiger partial charge is 0.465 e. The Morgan fingerprint density at radius 1 is 0.224 bits per heavy atom. The van der Waals surface area contributed by atoms with Crippen LogP contribution in [0.1, 0.15) is 244 Å². The van der Waals surface area contributed by atoms with Gasteiger partial charge in [0.05, 0.1) is 211 Å². The second kappa shape index (κ2) is 70.8. The molecule has 9 rings (SSSR count). The van der Waals surface area contributed by atoms with Crippen LogP contribution in [0.15, 0.2) is 0 Å². The van der Waals surface area contributed by atoms with Crippen LogP contribution in [0, 0.1) is 48.7 Å². The van der Waals surface area contributed by atoms with Gasteiger partial charge in [0.25, 0.3) is 0 Å². The summed E-state index contributed by atoms with van der Waals surface area (Å²) in [5.74, 6) is -0.143. The van der Waals surface area contributed by atoms with Crippen LogP contribution in [0.2, 0.25) is 0 Å². The van der Waals surface area contributed by atoms with Crippen LogP contribution in [0.25, 0.3) is 0 Å². The molecule has 9 fully saturated rings. The molecule has 0 aromatic heterocycles. The number of methoxy groups -OCH3 is 6. The van der Waals surface area contributed by atoms with Crippen LogP contribution in [0.3, 0.4) is 0 Å². The summed E-state index contributed by atoms with van der Waals surface area (Å²) in [6.45, 7) is 58.0. The fourth-order valence-electron chi connectivity index (χ4n) is 12.7. The lowest BCUT2D eigenvalue weighted by Crippen LogP contribution is -2.45. The van der Waals surface area contributed by atoms with Gasteiger partial charge in [-0.3, -0.25) is 4.79 Å². The minimum absolute atomic E-state index is 0.0525. The average Bonchev–Trinajstić information content (AvgIpc) is 0.846. The van der Waals surface area contributed by atoms with Gasteiger partial charge in [-0.25, -0.2) is 0 Å². The molecule has 0 saturated carbocycles. The third kappa shape index (κ3) is 55.0. The van der Waals surface area contributed by atoms with E-state index >= 15 is 0 Å². The first kappa shape index (κ1) is 113.